The van der Waals surface area contributed by atoms with Gasteiger partial charge < -0.3 is 15.5 Å². The van der Waals surface area contributed by atoms with Crippen molar-refractivity contribution in [3.05, 3.63) is 52.9 Å². The van der Waals surface area contributed by atoms with E-state index in [0.29, 0.717) is 36.8 Å². The number of thiophene rings is 1. The van der Waals surface area contributed by atoms with Crippen LogP contribution in [0.3, 0.4) is 0 Å². The van der Waals surface area contributed by atoms with Gasteiger partial charge in [-0.15, -0.1) is 11.3 Å². The summed E-state index contributed by atoms with van der Waals surface area (Å²) in [7, 11) is -1.63. The van der Waals surface area contributed by atoms with Crippen LogP contribution in [0.4, 0.5) is 0 Å². The summed E-state index contributed by atoms with van der Waals surface area (Å²) >= 11 is 1.21. The van der Waals surface area contributed by atoms with Crippen molar-refractivity contribution < 1.29 is 13.2 Å². The number of hydrogen-bond acceptors (Lipinski definition) is 6. The van der Waals surface area contributed by atoms with Gasteiger partial charge in [0, 0.05) is 50.7 Å². The van der Waals surface area contributed by atoms with Gasteiger partial charge in [-0.1, -0.05) is 30.3 Å². The molecule has 7 nitrogen and oxygen atoms in total. The number of benzene rings is 1. The molecule has 2 N–H and O–H groups in total. The second-order valence-electron chi connectivity index (χ2n) is 8.42. The van der Waals surface area contributed by atoms with E-state index < -0.39 is 10.0 Å². The molecule has 0 saturated carbocycles. The first-order valence-electron chi connectivity index (χ1n) is 10.7. The minimum Gasteiger partial charge on any atom is -0.340 e. The van der Waals surface area contributed by atoms with Crippen LogP contribution < -0.4 is 5.73 Å². The van der Waals surface area contributed by atoms with Gasteiger partial charge in [0.05, 0.1) is 5.92 Å². The van der Waals surface area contributed by atoms with Crippen LogP contribution in [-0.2, 0) is 21.4 Å². The molecule has 2 aliphatic rings. The first-order chi connectivity index (χ1) is 14.9. The fourth-order valence-corrected chi connectivity index (χ4v) is 7.34. The van der Waals surface area contributed by atoms with Crippen LogP contribution in [-0.4, -0.2) is 74.7 Å². The van der Waals surface area contributed by atoms with Crippen LogP contribution >= 0.6 is 11.3 Å². The number of carbonyl (C=O) groups excluding carboxylic acids is 1. The van der Waals surface area contributed by atoms with Gasteiger partial charge in [-0.2, -0.15) is 4.31 Å². The van der Waals surface area contributed by atoms with Crippen molar-refractivity contribution >= 4 is 27.3 Å². The standard InChI is InChI=1S/C22H30N4O3S2/c1-24-9-11-25(12-10-24)22(27)19-13-18(17-5-3-2-4-6-17)15-26(16-19)31(28,29)21-8-7-20(14-23)30-21/h2-8,18-19H,9-16,23H2,1H3. The lowest BCUT2D eigenvalue weighted by Gasteiger charge is -2.40. The van der Waals surface area contributed by atoms with Gasteiger partial charge in [0.1, 0.15) is 4.21 Å². The zero-order valence-electron chi connectivity index (χ0n) is 17.8. The number of piperazine rings is 1. The van der Waals surface area contributed by atoms with E-state index in [9.17, 15) is 13.2 Å². The van der Waals surface area contributed by atoms with Crippen molar-refractivity contribution in [2.75, 3.05) is 46.3 Å². The summed E-state index contributed by atoms with van der Waals surface area (Å²) in [6.07, 6.45) is 0.666. The Morgan fingerprint density at radius 3 is 2.42 bits per heavy atom. The Balaban J connectivity index is 1.61. The van der Waals surface area contributed by atoms with Crippen molar-refractivity contribution in [1.82, 2.24) is 14.1 Å². The fourth-order valence-electron chi connectivity index (χ4n) is 4.42. The summed E-state index contributed by atoms with van der Waals surface area (Å²) in [5.41, 5.74) is 6.76. The number of carbonyl (C=O) groups is 1. The Morgan fingerprint density at radius 2 is 1.77 bits per heavy atom. The Morgan fingerprint density at radius 1 is 1.06 bits per heavy atom. The number of nitrogens with two attached hydrogens (primary N) is 1. The molecule has 9 heteroatoms. The molecule has 31 heavy (non-hydrogen) atoms. The van der Waals surface area contributed by atoms with Gasteiger partial charge in [0.15, 0.2) is 0 Å². The van der Waals surface area contributed by atoms with Crippen molar-refractivity contribution in [2.24, 2.45) is 11.7 Å². The molecule has 2 saturated heterocycles. The Bertz CT molecular complexity index is 1000. The molecule has 0 radical (unpaired) electrons. The summed E-state index contributed by atoms with van der Waals surface area (Å²) in [6.45, 7) is 4.01. The van der Waals surface area contributed by atoms with Crippen LogP contribution in [0, 0.1) is 5.92 Å². The predicted octanol–water partition coefficient (Wildman–Crippen LogP) is 1.78. The molecule has 3 heterocycles. The Hall–Kier alpha value is -1.78. The first kappa shape index (κ1) is 22.4. The lowest BCUT2D eigenvalue weighted by atomic mass is 9.85. The number of amides is 1. The molecule has 1 amide bonds. The maximum absolute atomic E-state index is 13.4. The van der Waals surface area contributed by atoms with E-state index >= 15 is 0 Å². The Kier molecular flexibility index (Phi) is 6.78. The average molecular weight is 463 g/mol. The summed E-state index contributed by atoms with van der Waals surface area (Å²) < 4.78 is 28.7. The number of piperidine rings is 1. The molecule has 1 aromatic heterocycles. The molecule has 0 bridgehead atoms. The first-order valence-corrected chi connectivity index (χ1v) is 13.0. The van der Waals surface area contributed by atoms with Crippen molar-refractivity contribution in [2.45, 2.75) is 23.1 Å². The summed E-state index contributed by atoms with van der Waals surface area (Å²) in [5.74, 6) is -0.283. The van der Waals surface area contributed by atoms with Crippen LogP contribution in [0.2, 0.25) is 0 Å². The number of hydrogen-bond donors (Lipinski definition) is 1. The number of sulfonamides is 1. The Labute approximate surface area is 188 Å². The molecule has 2 atom stereocenters. The van der Waals surface area contributed by atoms with Gasteiger partial charge in [0.25, 0.3) is 10.0 Å². The highest BCUT2D eigenvalue weighted by Crippen LogP contribution is 2.35. The molecule has 1 aromatic carbocycles. The van der Waals surface area contributed by atoms with Gasteiger partial charge in [0.2, 0.25) is 5.91 Å². The van der Waals surface area contributed by atoms with Crippen molar-refractivity contribution in [3.8, 4) is 0 Å². The van der Waals surface area contributed by atoms with Crippen molar-refractivity contribution in [3.63, 3.8) is 0 Å². The molecule has 168 valence electrons. The quantitative estimate of drug-likeness (QED) is 0.732. The van der Waals surface area contributed by atoms with Crippen molar-refractivity contribution in [1.29, 1.82) is 0 Å². The third-order valence-electron chi connectivity index (χ3n) is 6.28. The molecule has 0 spiro atoms. The zero-order valence-corrected chi connectivity index (χ0v) is 19.4. The minimum absolute atomic E-state index is 0.0138. The highest BCUT2D eigenvalue weighted by molar-refractivity contribution is 7.91. The molecular weight excluding hydrogens is 432 g/mol. The lowest BCUT2D eigenvalue weighted by molar-refractivity contribution is -0.138. The third-order valence-corrected chi connectivity index (χ3v) is 9.69. The van der Waals surface area contributed by atoms with Gasteiger partial charge in [-0.25, -0.2) is 8.42 Å². The number of nitrogens with zero attached hydrogens (tertiary/aromatic N) is 3. The van der Waals surface area contributed by atoms with E-state index in [0.717, 1.165) is 23.5 Å². The lowest BCUT2D eigenvalue weighted by Crippen LogP contribution is -2.53. The maximum Gasteiger partial charge on any atom is 0.252 e. The second-order valence-corrected chi connectivity index (χ2v) is 11.7. The average Bonchev–Trinajstić information content (AvgIpc) is 3.30. The summed E-state index contributed by atoms with van der Waals surface area (Å²) in [5, 5.41) is 0. The van der Waals surface area contributed by atoms with Crippen LogP contribution in [0.25, 0.3) is 0 Å². The molecule has 2 aliphatic heterocycles. The number of likely N-dealkylation sites (N-methyl/N-ethyl adjacent to an activating group) is 1. The minimum atomic E-state index is -3.68. The number of rotatable bonds is 5. The fraction of sp³-hybridized carbons (Fsp3) is 0.500. The maximum atomic E-state index is 13.4. The highest BCUT2D eigenvalue weighted by atomic mass is 32.2. The van der Waals surface area contributed by atoms with E-state index in [4.69, 9.17) is 5.73 Å². The monoisotopic (exact) mass is 462 g/mol. The van der Waals surface area contributed by atoms with Crippen LogP contribution in [0.1, 0.15) is 22.8 Å². The molecule has 0 aliphatic carbocycles. The van der Waals surface area contributed by atoms with E-state index in [1.165, 1.54) is 15.6 Å². The summed E-state index contributed by atoms with van der Waals surface area (Å²) in [4.78, 5) is 18.3. The van der Waals surface area contributed by atoms with Crippen LogP contribution in [0.5, 0.6) is 0 Å². The molecule has 2 unspecified atom stereocenters. The van der Waals surface area contributed by atoms with Gasteiger partial charge in [-0.05, 0) is 37.1 Å². The topological polar surface area (TPSA) is 87.0 Å². The predicted molar refractivity (Wildman–Crippen MR) is 122 cm³/mol. The summed E-state index contributed by atoms with van der Waals surface area (Å²) in [6, 6.07) is 13.3. The SMILES string of the molecule is CN1CCN(C(=O)C2CC(c3ccccc3)CN(S(=O)(=O)c3ccc(CN)s3)C2)CC1. The largest absolute Gasteiger partial charge is 0.340 e. The highest BCUT2D eigenvalue weighted by Gasteiger charge is 2.40. The molecular formula is C22H30N4O3S2. The van der Waals surface area contributed by atoms with E-state index in [1.54, 1.807) is 12.1 Å². The van der Waals surface area contributed by atoms with E-state index in [1.807, 2.05) is 35.2 Å². The second kappa shape index (κ2) is 9.38. The smallest absolute Gasteiger partial charge is 0.252 e. The van der Waals surface area contributed by atoms with E-state index in [2.05, 4.69) is 11.9 Å². The zero-order chi connectivity index (χ0) is 22.0. The third kappa shape index (κ3) is 4.85. The molecule has 2 fully saturated rings. The van der Waals surface area contributed by atoms with Crippen LogP contribution in [0.15, 0.2) is 46.7 Å². The van der Waals surface area contributed by atoms with Gasteiger partial charge >= 0.3 is 0 Å². The van der Waals surface area contributed by atoms with E-state index in [-0.39, 0.29) is 24.3 Å². The molecule has 4 rings (SSSR count). The normalized spacial score (nSPS) is 23.7. The van der Waals surface area contributed by atoms with Gasteiger partial charge in [-0.3, -0.25) is 4.79 Å². The molecule has 2 aromatic rings.